The van der Waals surface area contributed by atoms with E-state index in [1.165, 1.54) is 0 Å². The highest BCUT2D eigenvalue weighted by atomic mass is 16.3. The molecule has 0 aliphatic heterocycles. The van der Waals surface area contributed by atoms with Gasteiger partial charge in [0.15, 0.2) is 0 Å². The van der Waals surface area contributed by atoms with Crippen LogP contribution in [0.25, 0.3) is 11.0 Å². The number of benzene rings is 1. The van der Waals surface area contributed by atoms with Crippen molar-refractivity contribution in [2.75, 3.05) is 6.54 Å². The third-order valence-electron chi connectivity index (χ3n) is 2.53. The summed E-state index contributed by atoms with van der Waals surface area (Å²) in [5, 5.41) is 23.2. The van der Waals surface area contributed by atoms with Crippen molar-refractivity contribution in [2.24, 2.45) is 0 Å². The smallest absolute Gasteiger partial charge is 0.135 e. The number of aliphatic hydroxyl groups is 2. The molecule has 1 aromatic carbocycles. The molecule has 4 nitrogen and oxygen atoms in total. The molecule has 1 aromatic heterocycles. The Hall–Kier alpha value is -1.36. The Balaban J connectivity index is 2.24. The molecule has 3 N–H and O–H groups in total. The molecule has 2 rings (SSSR count). The molecule has 0 saturated carbocycles. The largest absolute Gasteiger partial charge is 0.464 e. The molecule has 4 heteroatoms. The van der Waals surface area contributed by atoms with Crippen LogP contribution in [0.3, 0.4) is 0 Å². The van der Waals surface area contributed by atoms with Crippen LogP contribution in [0, 0.1) is 0 Å². The van der Waals surface area contributed by atoms with Crippen LogP contribution < -0.4 is 5.32 Å². The van der Waals surface area contributed by atoms with Gasteiger partial charge in [0.2, 0.25) is 0 Å². The number of aliphatic hydroxyl groups excluding tert-OH is 2. The molecule has 0 fully saturated rings. The Bertz CT molecular complexity index is 466. The van der Waals surface area contributed by atoms with Crippen molar-refractivity contribution in [3.05, 3.63) is 36.1 Å². The number of fused-ring (bicyclic) bond motifs is 1. The van der Waals surface area contributed by atoms with Gasteiger partial charge in [0.1, 0.15) is 17.9 Å². The van der Waals surface area contributed by atoms with Crippen LogP contribution in [0.4, 0.5) is 0 Å². The number of nitrogens with one attached hydrogen (secondary N) is 1. The molecule has 1 heterocycles. The Morgan fingerprint density at radius 2 is 2.12 bits per heavy atom. The fraction of sp³-hybridized carbons (Fsp3) is 0.333. The van der Waals surface area contributed by atoms with Gasteiger partial charge >= 0.3 is 0 Å². The van der Waals surface area contributed by atoms with Crippen molar-refractivity contribution >= 4 is 11.0 Å². The second kappa shape index (κ2) is 4.65. The van der Waals surface area contributed by atoms with Crippen LogP contribution in [-0.4, -0.2) is 23.0 Å². The van der Waals surface area contributed by atoms with Gasteiger partial charge in [-0.1, -0.05) is 19.1 Å². The molecular formula is C12H15NO3. The Kier molecular flexibility index (Phi) is 3.24. The monoisotopic (exact) mass is 221 g/mol. The number of likely N-dealkylation sites (N-methyl/N-ethyl adjacent to an activating group) is 1. The zero-order chi connectivity index (χ0) is 11.5. The summed E-state index contributed by atoms with van der Waals surface area (Å²) in [6.45, 7) is 2.47. The van der Waals surface area contributed by atoms with E-state index >= 15 is 0 Å². The highest BCUT2D eigenvalue weighted by molar-refractivity contribution is 5.77. The van der Waals surface area contributed by atoms with Gasteiger partial charge in [-0.05, 0) is 24.2 Å². The summed E-state index contributed by atoms with van der Waals surface area (Å²) < 4.78 is 5.24. The van der Waals surface area contributed by atoms with E-state index in [0.29, 0.717) is 17.7 Å². The first-order valence-corrected chi connectivity index (χ1v) is 5.29. The first kappa shape index (κ1) is 11.1. The molecule has 16 heavy (non-hydrogen) atoms. The van der Waals surface area contributed by atoms with Gasteiger partial charge < -0.3 is 14.6 Å². The van der Waals surface area contributed by atoms with E-state index in [9.17, 15) is 10.2 Å². The average molecular weight is 221 g/mol. The number of hydrogen-bond acceptors (Lipinski definition) is 4. The van der Waals surface area contributed by atoms with E-state index in [-0.39, 0.29) is 0 Å². The normalized spacial score (nSPS) is 15.2. The van der Waals surface area contributed by atoms with Crippen LogP contribution in [0.5, 0.6) is 0 Å². The minimum Gasteiger partial charge on any atom is -0.464 e. The summed E-state index contributed by atoms with van der Waals surface area (Å²) in [4.78, 5) is 0. The van der Waals surface area contributed by atoms with Crippen LogP contribution in [0.1, 0.15) is 18.6 Å². The average Bonchev–Trinajstić information content (AvgIpc) is 2.75. The van der Waals surface area contributed by atoms with Gasteiger partial charge in [-0.3, -0.25) is 5.32 Å². The maximum Gasteiger partial charge on any atom is 0.135 e. The lowest BCUT2D eigenvalue weighted by molar-refractivity contribution is -0.00179. The first-order valence-electron chi connectivity index (χ1n) is 5.29. The lowest BCUT2D eigenvalue weighted by Crippen LogP contribution is -2.34. The van der Waals surface area contributed by atoms with Crippen LogP contribution >= 0.6 is 0 Å². The quantitative estimate of drug-likeness (QED) is 0.683. The van der Waals surface area contributed by atoms with E-state index in [1.54, 1.807) is 18.4 Å². The standard InChI is InChI=1S/C12H15NO3/c1-2-13-12(15)11(14)9-4-3-8-5-6-16-10(8)7-9/h3-7,11-15H,2H2,1H3. The van der Waals surface area contributed by atoms with Crippen LogP contribution in [0.2, 0.25) is 0 Å². The number of hydrogen-bond donors (Lipinski definition) is 3. The second-order valence-electron chi connectivity index (χ2n) is 3.67. The van der Waals surface area contributed by atoms with Crippen molar-refractivity contribution in [1.29, 1.82) is 0 Å². The van der Waals surface area contributed by atoms with Crippen LogP contribution in [-0.2, 0) is 0 Å². The zero-order valence-electron chi connectivity index (χ0n) is 9.05. The molecule has 0 aliphatic rings. The first-order chi connectivity index (χ1) is 7.72. The van der Waals surface area contributed by atoms with Gasteiger partial charge in [-0.2, -0.15) is 0 Å². The van der Waals surface area contributed by atoms with E-state index in [4.69, 9.17) is 4.42 Å². The SMILES string of the molecule is CCNC(O)C(O)c1ccc2ccoc2c1. The van der Waals surface area contributed by atoms with Crippen LogP contribution in [0.15, 0.2) is 34.9 Å². The van der Waals surface area contributed by atoms with Gasteiger partial charge in [0.25, 0.3) is 0 Å². The molecule has 0 bridgehead atoms. The second-order valence-corrected chi connectivity index (χ2v) is 3.67. The van der Waals surface area contributed by atoms with Crippen molar-refractivity contribution in [1.82, 2.24) is 5.32 Å². The van der Waals surface area contributed by atoms with E-state index in [0.717, 1.165) is 5.39 Å². The molecule has 0 spiro atoms. The predicted molar refractivity (Wildman–Crippen MR) is 60.9 cm³/mol. The van der Waals surface area contributed by atoms with Gasteiger partial charge in [0, 0.05) is 5.39 Å². The fourth-order valence-electron chi connectivity index (χ4n) is 1.66. The summed E-state index contributed by atoms with van der Waals surface area (Å²) in [7, 11) is 0. The maximum absolute atomic E-state index is 9.86. The molecule has 2 aromatic rings. The molecule has 0 amide bonds. The lowest BCUT2D eigenvalue weighted by atomic mass is 10.1. The summed E-state index contributed by atoms with van der Waals surface area (Å²) in [6.07, 6.45) is -0.312. The molecule has 2 unspecified atom stereocenters. The van der Waals surface area contributed by atoms with E-state index in [1.807, 2.05) is 19.1 Å². The third kappa shape index (κ3) is 2.09. The molecule has 86 valence electrons. The highest BCUT2D eigenvalue weighted by Crippen LogP contribution is 2.22. The molecule has 0 aliphatic carbocycles. The Morgan fingerprint density at radius 1 is 1.31 bits per heavy atom. The number of rotatable bonds is 4. The lowest BCUT2D eigenvalue weighted by Gasteiger charge is -2.18. The molecule has 2 atom stereocenters. The van der Waals surface area contributed by atoms with Crippen molar-refractivity contribution in [3.63, 3.8) is 0 Å². The van der Waals surface area contributed by atoms with Gasteiger partial charge in [-0.25, -0.2) is 0 Å². The summed E-state index contributed by atoms with van der Waals surface area (Å²) >= 11 is 0. The third-order valence-corrected chi connectivity index (χ3v) is 2.53. The summed E-state index contributed by atoms with van der Waals surface area (Å²) in [5.41, 5.74) is 1.34. The Labute approximate surface area is 93.5 Å². The Morgan fingerprint density at radius 3 is 2.88 bits per heavy atom. The predicted octanol–water partition coefficient (Wildman–Crippen LogP) is 1.39. The van der Waals surface area contributed by atoms with Gasteiger partial charge in [-0.15, -0.1) is 0 Å². The highest BCUT2D eigenvalue weighted by Gasteiger charge is 2.17. The molecule has 0 radical (unpaired) electrons. The van der Waals surface area contributed by atoms with Gasteiger partial charge in [0.05, 0.1) is 6.26 Å². The molecular weight excluding hydrogens is 206 g/mol. The maximum atomic E-state index is 9.86. The van der Waals surface area contributed by atoms with Crippen molar-refractivity contribution < 1.29 is 14.6 Å². The van der Waals surface area contributed by atoms with E-state index < -0.39 is 12.3 Å². The molecule has 0 saturated heterocycles. The topological polar surface area (TPSA) is 65.6 Å². The summed E-state index contributed by atoms with van der Waals surface area (Å²) in [5.74, 6) is 0. The van der Waals surface area contributed by atoms with E-state index in [2.05, 4.69) is 5.32 Å². The minimum absolute atomic E-state index is 0.598. The minimum atomic E-state index is -0.961. The van der Waals surface area contributed by atoms with Crippen molar-refractivity contribution in [2.45, 2.75) is 19.3 Å². The van der Waals surface area contributed by atoms with Crippen molar-refractivity contribution in [3.8, 4) is 0 Å². The zero-order valence-corrected chi connectivity index (χ0v) is 9.05. The fourth-order valence-corrected chi connectivity index (χ4v) is 1.66. The number of furan rings is 1. The summed E-state index contributed by atoms with van der Waals surface area (Å²) in [6, 6.07) is 7.23.